The van der Waals surface area contributed by atoms with Crippen molar-refractivity contribution in [3.05, 3.63) is 88.5 Å². The van der Waals surface area contributed by atoms with Gasteiger partial charge in [0.15, 0.2) is 0 Å². The standard InChI is InChI=1S/C32H36FN3O3S/c1-5-8-29-35-30-20(4)14-23(31(37)34-24(18-40)13-19(2)3)16-28(30)36(29)17-22-12-11-21(15-27(22)33)25-9-6-7-10-26(25)32(38)39/h6-7,9-12,14-16,19,24,40H,5,8,13,17-18H2,1-4H3,(H,34,37)(H,38,39)/t24-/m1/s1. The molecule has 40 heavy (non-hydrogen) atoms. The van der Waals surface area contributed by atoms with E-state index in [0.717, 1.165) is 35.3 Å². The molecule has 0 saturated heterocycles. The molecule has 3 aromatic carbocycles. The number of hydrogen-bond acceptors (Lipinski definition) is 4. The van der Waals surface area contributed by atoms with Gasteiger partial charge in [-0.2, -0.15) is 12.6 Å². The highest BCUT2D eigenvalue weighted by Crippen LogP contribution is 2.28. The Labute approximate surface area is 240 Å². The number of benzene rings is 3. The van der Waals surface area contributed by atoms with Gasteiger partial charge in [-0.3, -0.25) is 4.79 Å². The van der Waals surface area contributed by atoms with Crippen LogP contribution in [-0.4, -0.2) is 38.3 Å². The summed E-state index contributed by atoms with van der Waals surface area (Å²) in [7, 11) is 0. The second-order valence-electron chi connectivity index (χ2n) is 10.7. The van der Waals surface area contributed by atoms with Crippen LogP contribution in [0.1, 0.15) is 71.3 Å². The van der Waals surface area contributed by atoms with E-state index in [0.29, 0.717) is 40.3 Å². The predicted molar refractivity (Wildman–Crippen MR) is 161 cm³/mol. The minimum Gasteiger partial charge on any atom is -0.478 e. The van der Waals surface area contributed by atoms with Gasteiger partial charge < -0.3 is 15.0 Å². The van der Waals surface area contributed by atoms with E-state index in [2.05, 4.69) is 38.7 Å². The average molecular weight is 562 g/mol. The number of aromatic carboxylic acids is 1. The van der Waals surface area contributed by atoms with E-state index in [9.17, 15) is 14.7 Å². The molecule has 210 valence electrons. The molecule has 0 saturated carbocycles. The van der Waals surface area contributed by atoms with Crippen LogP contribution in [0.25, 0.3) is 22.2 Å². The molecule has 0 unspecified atom stereocenters. The molecular weight excluding hydrogens is 525 g/mol. The topological polar surface area (TPSA) is 84.2 Å². The number of rotatable bonds is 11. The molecule has 1 aromatic heterocycles. The molecule has 8 heteroatoms. The van der Waals surface area contributed by atoms with E-state index < -0.39 is 11.8 Å². The molecule has 0 aliphatic heterocycles. The largest absolute Gasteiger partial charge is 0.478 e. The van der Waals surface area contributed by atoms with Gasteiger partial charge in [0.1, 0.15) is 11.6 Å². The van der Waals surface area contributed by atoms with Gasteiger partial charge in [-0.15, -0.1) is 0 Å². The number of amides is 1. The van der Waals surface area contributed by atoms with Crippen LogP contribution in [0.3, 0.4) is 0 Å². The molecule has 0 fully saturated rings. The maximum atomic E-state index is 15.5. The monoisotopic (exact) mass is 561 g/mol. The Morgan fingerprint density at radius 2 is 1.88 bits per heavy atom. The van der Waals surface area contributed by atoms with Gasteiger partial charge in [0, 0.05) is 29.3 Å². The SMILES string of the molecule is CCCc1nc2c(C)cc(C(=O)N[C@@H](CS)CC(C)C)cc2n1Cc1ccc(-c2ccccc2C(=O)O)cc1F. The summed E-state index contributed by atoms with van der Waals surface area (Å²) in [5, 5.41) is 12.7. The van der Waals surface area contributed by atoms with Crippen LogP contribution in [0.4, 0.5) is 4.39 Å². The number of aryl methyl sites for hydroxylation is 2. The minimum absolute atomic E-state index is 0.0359. The van der Waals surface area contributed by atoms with Crippen molar-refractivity contribution in [2.75, 3.05) is 5.75 Å². The molecule has 1 atom stereocenters. The van der Waals surface area contributed by atoms with E-state index in [1.807, 2.05) is 23.6 Å². The quantitative estimate of drug-likeness (QED) is 0.174. The lowest BCUT2D eigenvalue weighted by molar-refractivity contribution is 0.0697. The zero-order valence-electron chi connectivity index (χ0n) is 23.4. The van der Waals surface area contributed by atoms with Crippen LogP contribution in [0, 0.1) is 18.7 Å². The summed E-state index contributed by atoms with van der Waals surface area (Å²) < 4.78 is 17.5. The summed E-state index contributed by atoms with van der Waals surface area (Å²) in [6, 6.07) is 15.0. The first-order chi connectivity index (χ1) is 19.1. The molecule has 2 N–H and O–H groups in total. The molecule has 1 amide bonds. The van der Waals surface area contributed by atoms with Crippen molar-refractivity contribution in [3.63, 3.8) is 0 Å². The molecule has 4 rings (SSSR count). The summed E-state index contributed by atoms with van der Waals surface area (Å²) in [6.07, 6.45) is 2.40. The highest BCUT2D eigenvalue weighted by molar-refractivity contribution is 7.80. The molecule has 0 aliphatic carbocycles. The highest BCUT2D eigenvalue weighted by Gasteiger charge is 2.20. The van der Waals surface area contributed by atoms with Crippen molar-refractivity contribution in [1.29, 1.82) is 0 Å². The number of aromatic nitrogens is 2. The molecule has 6 nitrogen and oxygen atoms in total. The Morgan fingerprint density at radius 1 is 1.12 bits per heavy atom. The summed E-state index contributed by atoms with van der Waals surface area (Å²) in [4.78, 5) is 29.8. The molecule has 0 aliphatic rings. The normalized spacial score (nSPS) is 12.2. The number of hydrogen-bond donors (Lipinski definition) is 3. The third-order valence-corrected chi connectivity index (χ3v) is 7.46. The zero-order valence-corrected chi connectivity index (χ0v) is 24.3. The fourth-order valence-corrected chi connectivity index (χ4v) is 5.35. The summed E-state index contributed by atoms with van der Waals surface area (Å²) in [6.45, 7) is 8.46. The van der Waals surface area contributed by atoms with Crippen molar-refractivity contribution in [2.24, 2.45) is 5.92 Å². The molecule has 4 aromatic rings. The average Bonchev–Trinajstić information content (AvgIpc) is 3.26. The van der Waals surface area contributed by atoms with Gasteiger partial charge in [0.05, 0.1) is 23.1 Å². The maximum Gasteiger partial charge on any atom is 0.336 e. The van der Waals surface area contributed by atoms with Crippen LogP contribution in [0.2, 0.25) is 0 Å². The Morgan fingerprint density at radius 3 is 2.52 bits per heavy atom. The van der Waals surface area contributed by atoms with Crippen molar-refractivity contribution in [1.82, 2.24) is 14.9 Å². The van der Waals surface area contributed by atoms with E-state index in [1.54, 1.807) is 30.3 Å². The van der Waals surface area contributed by atoms with Crippen LogP contribution in [0.15, 0.2) is 54.6 Å². The lowest BCUT2D eigenvalue weighted by Gasteiger charge is -2.19. The van der Waals surface area contributed by atoms with Gasteiger partial charge in [0.25, 0.3) is 5.91 Å². The Hall–Kier alpha value is -3.65. The van der Waals surface area contributed by atoms with Crippen molar-refractivity contribution in [2.45, 2.75) is 59.5 Å². The number of carboxylic acid groups (broad SMARTS) is 1. The number of thiol groups is 1. The first-order valence-electron chi connectivity index (χ1n) is 13.7. The van der Waals surface area contributed by atoms with Crippen LogP contribution < -0.4 is 5.32 Å². The summed E-state index contributed by atoms with van der Waals surface area (Å²) in [5.74, 6) is 0.148. The smallest absolute Gasteiger partial charge is 0.336 e. The number of nitrogens with one attached hydrogen (secondary N) is 1. The van der Waals surface area contributed by atoms with Crippen molar-refractivity contribution < 1.29 is 19.1 Å². The van der Waals surface area contributed by atoms with Gasteiger partial charge in [-0.1, -0.05) is 51.1 Å². The van der Waals surface area contributed by atoms with Crippen molar-refractivity contribution >= 4 is 35.5 Å². The van der Waals surface area contributed by atoms with E-state index in [-0.39, 0.29) is 24.1 Å². The van der Waals surface area contributed by atoms with Gasteiger partial charge in [-0.25, -0.2) is 14.2 Å². The molecular formula is C32H36FN3O3S. The van der Waals surface area contributed by atoms with Crippen molar-refractivity contribution in [3.8, 4) is 11.1 Å². The van der Waals surface area contributed by atoms with E-state index in [4.69, 9.17) is 4.98 Å². The maximum absolute atomic E-state index is 15.5. The van der Waals surface area contributed by atoms with Gasteiger partial charge in [-0.05, 0) is 66.6 Å². The van der Waals surface area contributed by atoms with Gasteiger partial charge in [0.2, 0.25) is 0 Å². The molecule has 1 heterocycles. The second-order valence-corrected chi connectivity index (χ2v) is 11.0. The Balaban J connectivity index is 1.72. The molecule has 0 bridgehead atoms. The predicted octanol–water partition coefficient (Wildman–Crippen LogP) is 6.92. The van der Waals surface area contributed by atoms with E-state index >= 15 is 4.39 Å². The highest BCUT2D eigenvalue weighted by atomic mass is 32.1. The van der Waals surface area contributed by atoms with E-state index in [1.165, 1.54) is 12.1 Å². The fourth-order valence-electron chi connectivity index (χ4n) is 5.11. The van der Waals surface area contributed by atoms with Crippen LogP contribution in [-0.2, 0) is 13.0 Å². The molecule has 0 radical (unpaired) electrons. The van der Waals surface area contributed by atoms with Crippen LogP contribution in [0.5, 0.6) is 0 Å². The molecule has 0 spiro atoms. The lowest BCUT2D eigenvalue weighted by Crippen LogP contribution is -2.37. The Kier molecular flexibility index (Phi) is 9.30. The zero-order chi connectivity index (χ0) is 29.0. The Bertz CT molecular complexity index is 1550. The number of fused-ring (bicyclic) bond motifs is 1. The van der Waals surface area contributed by atoms with Crippen LogP contribution >= 0.6 is 12.6 Å². The number of nitrogens with zero attached hydrogens (tertiary/aromatic N) is 2. The second kappa shape index (κ2) is 12.7. The summed E-state index contributed by atoms with van der Waals surface area (Å²) in [5.41, 5.74) is 4.52. The number of carboxylic acids is 1. The van der Waals surface area contributed by atoms with Gasteiger partial charge >= 0.3 is 5.97 Å². The number of carbonyl (C=O) groups is 2. The fraction of sp³-hybridized carbons (Fsp3) is 0.344. The third-order valence-electron chi connectivity index (χ3n) is 7.02. The number of halogens is 1. The number of imidazole rings is 1. The number of carbonyl (C=O) groups excluding carboxylic acids is 1. The minimum atomic E-state index is -1.06. The summed E-state index contributed by atoms with van der Waals surface area (Å²) >= 11 is 4.42. The first kappa shape index (κ1) is 29.3. The first-order valence-corrected chi connectivity index (χ1v) is 14.3. The third kappa shape index (κ3) is 6.39. The lowest BCUT2D eigenvalue weighted by atomic mass is 9.98.